The molecular weight excluding hydrogens is 323 g/mol. The molecule has 3 aromatic rings. The van der Waals surface area contributed by atoms with Crippen LogP contribution in [-0.2, 0) is 6.18 Å². The first-order valence-electron chi connectivity index (χ1n) is 6.77. The van der Waals surface area contributed by atoms with Gasteiger partial charge in [-0.2, -0.15) is 18.3 Å². The number of nitrogens with zero attached hydrogens (tertiary/aromatic N) is 3. The molecule has 1 N–H and O–H groups in total. The highest BCUT2D eigenvalue weighted by atomic mass is 19.4. The van der Waals surface area contributed by atoms with Crippen LogP contribution >= 0.6 is 0 Å². The van der Waals surface area contributed by atoms with E-state index in [4.69, 9.17) is 5.11 Å². The number of hydrogen-bond donors (Lipinski definition) is 1. The predicted octanol–water partition coefficient (Wildman–Crippen LogP) is 3.65. The van der Waals surface area contributed by atoms with E-state index in [2.05, 4.69) is 10.1 Å². The van der Waals surface area contributed by atoms with E-state index in [1.54, 1.807) is 12.1 Å². The molecule has 0 saturated carbocycles. The Morgan fingerprint density at radius 2 is 1.79 bits per heavy atom. The molecule has 122 valence electrons. The largest absolute Gasteiger partial charge is 0.476 e. The van der Waals surface area contributed by atoms with E-state index in [0.717, 1.165) is 12.1 Å². The van der Waals surface area contributed by atoms with Crippen molar-refractivity contribution in [3.63, 3.8) is 0 Å². The summed E-state index contributed by atoms with van der Waals surface area (Å²) in [6.07, 6.45) is -1.51. The molecule has 0 spiro atoms. The maximum absolute atomic E-state index is 12.9. The van der Waals surface area contributed by atoms with Crippen molar-refractivity contribution in [3.8, 4) is 16.9 Å². The lowest BCUT2D eigenvalue weighted by molar-refractivity contribution is -0.137. The fourth-order valence-corrected chi connectivity index (χ4v) is 2.22. The SMILES string of the molecule is O=C(O)c1cc(-c2ccncc2)n(-c2cccc(C(F)(F)F)c2)n1. The molecule has 0 fully saturated rings. The average molecular weight is 333 g/mol. The number of pyridine rings is 1. The maximum Gasteiger partial charge on any atom is 0.416 e. The van der Waals surface area contributed by atoms with Gasteiger partial charge in [0.15, 0.2) is 5.69 Å². The molecule has 3 rings (SSSR count). The normalized spacial score (nSPS) is 11.5. The van der Waals surface area contributed by atoms with E-state index in [1.165, 1.54) is 35.3 Å². The van der Waals surface area contributed by atoms with Crippen LogP contribution in [0.2, 0.25) is 0 Å². The summed E-state index contributed by atoms with van der Waals surface area (Å²) >= 11 is 0. The molecule has 2 heterocycles. The number of carboxylic acid groups (broad SMARTS) is 1. The summed E-state index contributed by atoms with van der Waals surface area (Å²) in [4.78, 5) is 15.1. The number of alkyl halides is 3. The van der Waals surface area contributed by atoms with Crippen molar-refractivity contribution >= 4 is 5.97 Å². The molecule has 0 aliphatic rings. The van der Waals surface area contributed by atoms with Crippen molar-refractivity contribution in [1.82, 2.24) is 14.8 Å². The zero-order valence-electron chi connectivity index (χ0n) is 12.0. The van der Waals surface area contributed by atoms with Crippen LogP contribution in [0, 0.1) is 0 Å². The van der Waals surface area contributed by atoms with Crippen molar-refractivity contribution in [2.24, 2.45) is 0 Å². The van der Waals surface area contributed by atoms with Gasteiger partial charge in [0, 0.05) is 18.0 Å². The van der Waals surface area contributed by atoms with Crippen LogP contribution in [0.25, 0.3) is 16.9 Å². The first-order valence-corrected chi connectivity index (χ1v) is 6.77. The molecule has 2 aromatic heterocycles. The minimum absolute atomic E-state index is 0.115. The molecule has 1 aromatic carbocycles. The molecule has 0 radical (unpaired) electrons. The summed E-state index contributed by atoms with van der Waals surface area (Å²) in [5.74, 6) is -1.27. The minimum atomic E-state index is -4.50. The molecule has 0 bridgehead atoms. The standard InChI is InChI=1S/C16H10F3N3O2/c17-16(18,19)11-2-1-3-12(8-11)22-14(9-13(21-22)15(23)24)10-4-6-20-7-5-10/h1-9H,(H,23,24). The van der Waals surface area contributed by atoms with Crippen molar-refractivity contribution in [2.45, 2.75) is 6.18 Å². The second-order valence-electron chi connectivity index (χ2n) is 4.92. The van der Waals surface area contributed by atoms with Gasteiger partial charge in [-0.25, -0.2) is 9.48 Å². The Hall–Kier alpha value is -3.16. The summed E-state index contributed by atoms with van der Waals surface area (Å²) in [5.41, 5.74) is -0.0482. The third kappa shape index (κ3) is 2.98. The van der Waals surface area contributed by atoms with E-state index in [0.29, 0.717) is 11.3 Å². The van der Waals surface area contributed by atoms with Gasteiger partial charge in [-0.05, 0) is 36.4 Å². The summed E-state index contributed by atoms with van der Waals surface area (Å²) in [7, 11) is 0. The maximum atomic E-state index is 12.9. The van der Waals surface area contributed by atoms with E-state index < -0.39 is 17.7 Å². The molecule has 0 aliphatic carbocycles. The lowest BCUT2D eigenvalue weighted by Gasteiger charge is -2.11. The lowest BCUT2D eigenvalue weighted by atomic mass is 10.1. The zero-order valence-corrected chi connectivity index (χ0v) is 12.0. The minimum Gasteiger partial charge on any atom is -0.476 e. The molecule has 0 unspecified atom stereocenters. The number of rotatable bonds is 3. The van der Waals surface area contributed by atoms with Crippen molar-refractivity contribution in [2.75, 3.05) is 0 Å². The number of carbonyl (C=O) groups is 1. The number of aromatic carboxylic acids is 1. The molecule has 24 heavy (non-hydrogen) atoms. The van der Waals surface area contributed by atoms with E-state index >= 15 is 0 Å². The van der Waals surface area contributed by atoms with Gasteiger partial charge in [-0.15, -0.1) is 0 Å². The van der Waals surface area contributed by atoms with Crippen molar-refractivity contribution in [3.05, 3.63) is 66.1 Å². The van der Waals surface area contributed by atoms with Gasteiger partial charge in [0.25, 0.3) is 0 Å². The fraction of sp³-hybridized carbons (Fsp3) is 0.0625. The van der Waals surface area contributed by atoms with Gasteiger partial charge < -0.3 is 5.11 Å². The van der Waals surface area contributed by atoms with Crippen LogP contribution in [0.15, 0.2) is 54.9 Å². The smallest absolute Gasteiger partial charge is 0.416 e. The molecule has 0 amide bonds. The van der Waals surface area contributed by atoms with Crippen LogP contribution in [0.3, 0.4) is 0 Å². The van der Waals surface area contributed by atoms with Gasteiger partial charge in [0.2, 0.25) is 0 Å². The van der Waals surface area contributed by atoms with Crippen molar-refractivity contribution < 1.29 is 23.1 Å². The first kappa shape index (κ1) is 15.7. The number of benzene rings is 1. The highest BCUT2D eigenvalue weighted by molar-refractivity contribution is 5.87. The Morgan fingerprint density at radius 1 is 1.08 bits per heavy atom. The number of hydrogen-bond acceptors (Lipinski definition) is 3. The Labute approximate surface area is 134 Å². The lowest BCUT2D eigenvalue weighted by Crippen LogP contribution is -2.07. The quantitative estimate of drug-likeness (QED) is 0.794. The van der Waals surface area contributed by atoms with E-state index in [1.807, 2.05) is 0 Å². The second kappa shape index (κ2) is 5.80. The molecule has 0 aliphatic heterocycles. The molecule has 5 nitrogen and oxygen atoms in total. The molecule has 8 heteroatoms. The Morgan fingerprint density at radius 3 is 2.42 bits per heavy atom. The van der Waals surface area contributed by atoms with E-state index in [9.17, 15) is 18.0 Å². The third-order valence-corrected chi connectivity index (χ3v) is 3.32. The Balaban J connectivity index is 2.19. The van der Waals surface area contributed by atoms with E-state index in [-0.39, 0.29) is 11.4 Å². The Kier molecular flexibility index (Phi) is 3.80. The first-order chi connectivity index (χ1) is 11.4. The topological polar surface area (TPSA) is 68.0 Å². The van der Waals surface area contributed by atoms with Crippen LogP contribution in [-0.4, -0.2) is 25.8 Å². The molecule has 0 atom stereocenters. The summed E-state index contributed by atoms with van der Waals surface area (Å²) < 4.78 is 39.9. The van der Waals surface area contributed by atoms with Gasteiger partial charge in [0.05, 0.1) is 16.9 Å². The number of aromatic nitrogens is 3. The molecular formula is C16H10F3N3O2. The second-order valence-corrected chi connectivity index (χ2v) is 4.92. The van der Waals surface area contributed by atoms with Crippen LogP contribution in [0.1, 0.15) is 16.1 Å². The van der Waals surface area contributed by atoms with Gasteiger partial charge in [-0.1, -0.05) is 6.07 Å². The highest BCUT2D eigenvalue weighted by Crippen LogP contribution is 2.31. The summed E-state index contributed by atoms with van der Waals surface area (Å²) in [5, 5.41) is 13.0. The van der Waals surface area contributed by atoms with Gasteiger partial charge in [0.1, 0.15) is 0 Å². The average Bonchev–Trinajstić information content (AvgIpc) is 3.01. The van der Waals surface area contributed by atoms with Crippen LogP contribution in [0.5, 0.6) is 0 Å². The summed E-state index contributed by atoms with van der Waals surface area (Å²) in [6.45, 7) is 0. The Bertz CT molecular complexity index is 889. The van der Waals surface area contributed by atoms with Gasteiger partial charge in [-0.3, -0.25) is 4.98 Å². The number of carboxylic acids is 1. The van der Waals surface area contributed by atoms with Crippen LogP contribution < -0.4 is 0 Å². The van der Waals surface area contributed by atoms with Crippen LogP contribution in [0.4, 0.5) is 13.2 Å². The van der Waals surface area contributed by atoms with Crippen molar-refractivity contribution in [1.29, 1.82) is 0 Å². The molecule has 0 saturated heterocycles. The monoisotopic (exact) mass is 333 g/mol. The predicted molar refractivity (Wildman–Crippen MR) is 78.8 cm³/mol. The fourth-order valence-electron chi connectivity index (χ4n) is 2.22. The number of halogens is 3. The third-order valence-electron chi connectivity index (χ3n) is 3.32. The highest BCUT2D eigenvalue weighted by Gasteiger charge is 2.30. The summed E-state index contributed by atoms with van der Waals surface area (Å²) in [6, 6.07) is 9.08. The van der Waals surface area contributed by atoms with Gasteiger partial charge >= 0.3 is 12.1 Å². The zero-order chi connectivity index (χ0) is 17.3.